The van der Waals surface area contributed by atoms with E-state index in [2.05, 4.69) is 10.3 Å². The third-order valence-electron chi connectivity index (χ3n) is 5.84. The Morgan fingerprint density at radius 2 is 2.13 bits per heavy atom. The van der Waals surface area contributed by atoms with Crippen molar-refractivity contribution in [2.45, 2.75) is 43.8 Å². The lowest BCUT2D eigenvalue weighted by molar-refractivity contribution is -0.605. The van der Waals surface area contributed by atoms with Crippen LogP contribution in [0.15, 0.2) is 23.0 Å². The van der Waals surface area contributed by atoms with E-state index in [1.54, 1.807) is 6.07 Å². The minimum atomic E-state index is -1.53. The summed E-state index contributed by atoms with van der Waals surface area (Å²) in [5.74, 6) is -1.63. The van der Waals surface area contributed by atoms with E-state index in [0.717, 1.165) is 12.8 Å². The standard InChI is InChI=1S/C21H20F2N4O3/c22-14-2-1-3-16-20(14)19(12-4-5-12)13(21(29)26-16)7-18(28)25-9-17-15(23)6-11(8-24)10-27(17)30/h1-3,11-12,15,17H,4-7,9-10H2,(H-,25,26,28,29)/p+1. The highest BCUT2D eigenvalue weighted by molar-refractivity contribution is 5.87. The van der Waals surface area contributed by atoms with Gasteiger partial charge in [-0.25, -0.2) is 8.78 Å². The monoisotopic (exact) mass is 415 g/mol. The van der Waals surface area contributed by atoms with E-state index < -0.39 is 35.4 Å². The van der Waals surface area contributed by atoms with Crippen LogP contribution in [-0.4, -0.2) is 41.0 Å². The molecule has 1 aliphatic heterocycles. The zero-order valence-corrected chi connectivity index (χ0v) is 16.2. The van der Waals surface area contributed by atoms with Gasteiger partial charge >= 0.3 is 0 Å². The number of amides is 1. The summed E-state index contributed by atoms with van der Waals surface area (Å²) in [6, 6.07) is 5.27. The third kappa shape index (κ3) is 3.82. The Balaban J connectivity index is 1.53. The minimum Gasteiger partial charge on any atom is -0.349 e. The fourth-order valence-corrected chi connectivity index (χ4v) is 4.17. The molecule has 2 aliphatic rings. The van der Waals surface area contributed by atoms with Gasteiger partial charge < -0.3 is 10.3 Å². The number of piperidine rings is 1. The first-order valence-corrected chi connectivity index (χ1v) is 9.96. The van der Waals surface area contributed by atoms with Crippen LogP contribution in [0, 0.1) is 28.0 Å². The summed E-state index contributed by atoms with van der Waals surface area (Å²) in [6.07, 6.45) is -0.224. The molecule has 0 radical (unpaired) electrons. The number of nitroso groups, excluding NO2 is 1. The Labute approximate surface area is 170 Å². The molecular weight excluding hydrogens is 394 g/mol. The Morgan fingerprint density at radius 3 is 2.80 bits per heavy atom. The molecule has 3 atom stereocenters. The number of rotatable bonds is 5. The number of nitrogens with one attached hydrogen (secondary N) is 2. The molecule has 1 amide bonds. The fourth-order valence-electron chi connectivity index (χ4n) is 4.17. The van der Waals surface area contributed by atoms with Crippen LogP contribution in [0.4, 0.5) is 8.78 Å². The summed E-state index contributed by atoms with van der Waals surface area (Å²) in [5.41, 5.74) is 0.706. The molecule has 1 aliphatic carbocycles. The van der Waals surface area contributed by atoms with E-state index in [1.165, 1.54) is 12.1 Å². The molecule has 9 heteroatoms. The van der Waals surface area contributed by atoms with Gasteiger partial charge in [-0.15, -0.1) is 0 Å². The molecule has 1 aromatic carbocycles. The highest BCUT2D eigenvalue weighted by Crippen LogP contribution is 2.44. The van der Waals surface area contributed by atoms with Crippen LogP contribution in [0.5, 0.6) is 0 Å². The number of aromatic nitrogens is 1. The summed E-state index contributed by atoms with van der Waals surface area (Å²) in [6.45, 7) is -0.326. The predicted octanol–water partition coefficient (Wildman–Crippen LogP) is 2.23. The number of aromatic amines is 1. The van der Waals surface area contributed by atoms with Crippen LogP contribution in [0.1, 0.15) is 36.3 Å². The molecule has 30 heavy (non-hydrogen) atoms. The van der Waals surface area contributed by atoms with Crippen molar-refractivity contribution in [2.75, 3.05) is 13.1 Å². The number of alkyl halides is 1. The van der Waals surface area contributed by atoms with E-state index in [4.69, 9.17) is 5.26 Å². The number of fused-ring (bicyclic) bond motifs is 1. The van der Waals surface area contributed by atoms with Crippen LogP contribution >= 0.6 is 0 Å². The molecular formula is C21H21F2N4O3+. The number of pyridine rings is 1. The maximum atomic E-state index is 14.5. The number of carbonyl (C=O) groups is 1. The number of hydrogen-bond acceptors (Lipinski definition) is 4. The van der Waals surface area contributed by atoms with Gasteiger partial charge in [-0.3, -0.25) is 9.59 Å². The van der Waals surface area contributed by atoms with Gasteiger partial charge in [0, 0.05) is 27.0 Å². The first-order valence-electron chi connectivity index (χ1n) is 9.96. The number of halogens is 2. The van der Waals surface area contributed by atoms with Gasteiger partial charge in [0.15, 0.2) is 6.17 Å². The van der Waals surface area contributed by atoms with Crippen LogP contribution in [0.25, 0.3) is 10.9 Å². The highest BCUT2D eigenvalue weighted by Gasteiger charge is 2.43. The van der Waals surface area contributed by atoms with Crippen molar-refractivity contribution in [3.8, 4) is 6.07 Å². The summed E-state index contributed by atoms with van der Waals surface area (Å²) in [7, 11) is 0. The topological polar surface area (TPSA) is 106 Å². The summed E-state index contributed by atoms with van der Waals surface area (Å²) >= 11 is 0. The first-order chi connectivity index (χ1) is 14.4. The molecule has 1 saturated carbocycles. The highest BCUT2D eigenvalue weighted by atomic mass is 19.1. The average molecular weight is 415 g/mol. The molecule has 4 rings (SSSR count). The molecule has 3 unspecified atom stereocenters. The lowest BCUT2D eigenvalue weighted by Crippen LogP contribution is -2.49. The summed E-state index contributed by atoms with van der Waals surface area (Å²) in [5, 5.41) is 11.7. The Morgan fingerprint density at radius 1 is 1.37 bits per heavy atom. The van der Waals surface area contributed by atoms with Gasteiger partial charge in [0.1, 0.15) is 11.7 Å². The van der Waals surface area contributed by atoms with Crippen molar-refractivity contribution < 1.29 is 18.3 Å². The number of nitriles is 1. The first kappa shape index (κ1) is 20.1. The number of nitrogens with zero attached hydrogens (tertiary/aromatic N) is 2. The molecule has 156 valence electrons. The van der Waals surface area contributed by atoms with Crippen molar-refractivity contribution >= 4 is 16.8 Å². The zero-order chi connectivity index (χ0) is 21.4. The smallest absolute Gasteiger partial charge is 0.252 e. The second kappa shape index (κ2) is 7.94. The van der Waals surface area contributed by atoms with Gasteiger partial charge in [0.05, 0.1) is 24.6 Å². The molecule has 2 fully saturated rings. The van der Waals surface area contributed by atoms with E-state index in [9.17, 15) is 23.3 Å². The molecule has 0 bridgehead atoms. The summed E-state index contributed by atoms with van der Waals surface area (Å²) < 4.78 is 29.2. The number of hydrogen-bond donors (Lipinski definition) is 2. The third-order valence-corrected chi connectivity index (χ3v) is 5.84. The summed E-state index contributed by atoms with van der Waals surface area (Å²) in [4.78, 5) is 39.8. The van der Waals surface area contributed by atoms with E-state index >= 15 is 0 Å². The van der Waals surface area contributed by atoms with Gasteiger partial charge in [0.25, 0.3) is 5.56 Å². The van der Waals surface area contributed by atoms with Crippen molar-refractivity contribution in [1.29, 1.82) is 5.26 Å². The fraction of sp³-hybridized carbons (Fsp3) is 0.476. The SMILES string of the molecule is N#CC1CC(F)C(CNC(=O)Cc2c(C3CC3)c3c(F)cccc3[nH]c2=O)[N+](=O)C1. The van der Waals surface area contributed by atoms with Gasteiger partial charge in [-0.2, -0.15) is 5.26 Å². The second-order valence-corrected chi connectivity index (χ2v) is 8.01. The predicted molar refractivity (Wildman–Crippen MR) is 104 cm³/mol. The zero-order valence-electron chi connectivity index (χ0n) is 16.2. The van der Waals surface area contributed by atoms with Crippen molar-refractivity contribution in [1.82, 2.24) is 10.3 Å². The van der Waals surface area contributed by atoms with Crippen LogP contribution < -0.4 is 10.9 Å². The molecule has 2 aromatic rings. The maximum absolute atomic E-state index is 14.5. The van der Waals surface area contributed by atoms with Crippen LogP contribution in [-0.2, 0) is 11.2 Å². The Bertz CT molecular complexity index is 1120. The van der Waals surface area contributed by atoms with Crippen molar-refractivity contribution in [2.24, 2.45) is 5.92 Å². The number of benzene rings is 1. The quantitative estimate of drug-likeness (QED) is 0.731. The largest absolute Gasteiger partial charge is 0.349 e. The van der Waals surface area contributed by atoms with Gasteiger partial charge in [-0.05, 0) is 36.5 Å². The van der Waals surface area contributed by atoms with Crippen molar-refractivity contribution in [3.05, 3.63) is 50.4 Å². The average Bonchev–Trinajstić information content (AvgIpc) is 3.53. The molecule has 2 heterocycles. The van der Waals surface area contributed by atoms with Crippen molar-refractivity contribution in [3.63, 3.8) is 0 Å². The van der Waals surface area contributed by atoms with E-state index in [0.29, 0.717) is 21.2 Å². The maximum Gasteiger partial charge on any atom is 0.252 e. The van der Waals surface area contributed by atoms with Crippen LogP contribution in [0.3, 0.4) is 0 Å². The number of H-pyrrole nitrogens is 1. The van der Waals surface area contributed by atoms with Crippen LogP contribution in [0.2, 0.25) is 0 Å². The second-order valence-electron chi connectivity index (χ2n) is 8.01. The lowest BCUT2D eigenvalue weighted by Gasteiger charge is -2.21. The van der Waals surface area contributed by atoms with Gasteiger partial charge in [-0.1, -0.05) is 6.07 Å². The minimum absolute atomic E-state index is 0.0307. The number of carbonyl (C=O) groups excluding carboxylic acids is 1. The normalized spacial score (nSPS) is 23.9. The van der Waals surface area contributed by atoms with E-state index in [1.807, 2.05) is 6.07 Å². The molecule has 2 N–H and O–H groups in total. The van der Waals surface area contributed by atoms with Gasteiger partial charge in [0.2, 0.25) is 18.5 Å². The molecule has 1 saturated heterocycles. The molecule has 7 nitrogen and oxygen atoms in total. The van der Waals surface area contributed by atoms with E-state index in [-0.39, 0.29) is 37.4 Å². The Kier molecular flexibility index (Phi) is 5.33. The molecule has 1 aromatic heterocycles. The Hall–Kier alpha value is -3.15. The lowest BCUT2D eigenvalue weighted by atomic mass is 9.93. The molecule has 0 spiro atoms.